The zero-order valence-corrected chi connectivity index (χ0v) is 10.3. The van der Waals surface area contributed by atoms with E-state index in [2.05, 4.69) is 5.32 Å². The number of carbonyl (C=O) groups excluding carboxylic acids is 2. The van der Waals surface area contributed by atoms with Crippen LogP contribution in [0.1, 0.15) is 19.3 Å². The number of nitrogens with one attached hydrogen (secondary N) is 1. The van der Waals surface area contributed by atoms with E-state index in [1.165, 1.54) is 4.90 Å². The maximum absolute atomic E-state index is 11.9. The van der Waals surface area contributed by atoms with Gasteiger partial charge < -0.3 is 5.32 Å². The first-order valence-corrected chi connectivity index (χ1v) is 6.67. The molecule has 1 N–H and O–H groups in total. The van der Waals surface area contributed by atoms with Gasteiger partial charge in [0.2, 0.25) is 11.8 Å². The molecule has 1 aliphatic heterocycles. The van der Waals surface area contributed by atoms with Crippen LogP contribution in [0, 0.1) is 0 Å². The van der Waals surface area contributed by atoms with E-state index in [1.54, 1.807) is 0 Å². The largest absolute Gasteiger partial charge is 0.441 e. The van der Waals surface area contributed by atoms with E-state index in [-0.39, 0.29) is 48.3 Å². The van der Waals surface area contributed by atoms with Gasteiger partial charge in [-0.05, 0) is 24.6 Å². The first-order chi connectivity index (χ1) is 8.38. The summed E-state index contributed by atoms with van der Waals surface area (Å²) in [7, 11) is 0. The smallest absolute Gasteiger partial charge is 0.305 e. The van der Waals surface area contributed by atoms with Crippen LogP contribution in [0.5, 0.6) is 0 Å². The Morgan fingerprint density at radius 2 is 2.00 bits per heavy atom. The number of carbonyl (C=O) groups is 2. The van der Waals surface area contributed by atoms with Crippen molar-refractivity contribution < 1.29 is 22.8 Å². The molecule has 1 heterocycles. The Morgan fingerprint density at radius 1 is 1.33 bits per heavy atom. The number of thioether (sulfide) groups is 1. The summed E-state index contributed by atoms with van der Waals surface area (Å²) in [5.74, 6) is -0.673. The molecule has 4 nitrogen and oxygen atoms in total. The van der Waals surface area contributed by atoms with E-state index in [4.69, 9.17) is 0 Å². The number of nitrogens with zero attached hydrogens (tertiary/aromatic N) is 1. The summed E-state index contributed by atoms with van der Waals surface area (Å²) in [6, 6.07) is -0.617. The Labute approximate surface area is 106 Å². The molecule has 2 fully saturated rings. The molecule has 0 radical (unpaired) electrons. The zero-order valence-electron chi connectivity index (χ0n) is 9.50. The fraction of sp³-hybridized carbons (Fsp3) is 0.800. The van der Waals surface area contributed by atoms with E-state index in [9.17, 15) is 22.8 Å². The van der Waals surface area contributed by atoms with Crippen molar-refractivity contribution in [3.8, 4) is 0 Å². The van der Waals surface area contributed by atoms with Gasteiger partial charge in [-0.25, -0.2) is 0 Å². The standard InChI is InChI=1S/C10H13F3N2O2S/c11-10(12,13)18-4-3-14-7-5-8(16)15(9(7)17)6-1-2-6/h6-7,14H,1-5H2. The van der Waals surface area contributed by atoms with Gasteiger partial charge in [0.05, 0.1) is 12.5 Å². The van der Waals surface area contributed by atoms with Gasteiger partial charge in [0.15, 0.2) is 0 Å². The van der Waals surface area contributed by atoms with Gasteiger partial charge in [-0.1, -0.05) is 0 Å². The molecule has 18 heavy (non-hydrogen) atoms. The fourth-order valence-corrected chi connectivity index (χ4v) is 2.38. The van der Waals surface area contributed by atoms with Gasteiger partial charge in [-0.2, -0.15) is 13.2 Å². The van der Waals surface area contributed by atoms with Crippen molar-refractivity contribution in [2.75, 3.05) is 12.3 Å². The molecule has 1 atom stereocenters. The highest BCUT2D eigenvalue weighted by Gasteiger charge is 2.45. The molecule has 1 saturated heterocycles. The van der Waals surface area contributed by atoms with Crippen molar-refractivity contribution in [1.82, 2.24) is 10.2 Å². The third-order valence-corrected chi connectivity index (χ3v) is 3.59. The van der Waals surface area contributed by atoms with Gasteiger partial charge in [-0.3, -0.25) is 14.5 Å². The summed E-state index contributed by atoms with van der Waals surface area (Å²) in [6.45, 7) is 0.0619. The van der Waals surface area contributed by atoms with Gasteiger partial charge in [-0.15, -0.1) is 0 Å². The topological polar surface area (TPSA) is 49.4 Å². The van der Waals surface area contributed by atoms with Crippen molar-refractivity contribution in [2.24, 2.45) is 0 Å². The van der Waals surface area contributed by atoms with E-state index in [0.717, 1.165) is 12.8 Å². The van der Waals surface area contributed by atoms with Crippen molar-refractivity contribution in [3.05, 3.63) is 0 Å². The molecule has 0 aromatic heterocycles. The monoisotopic (exact) mass is 282 g/mol. The molecule has 0 spiro atoms. The molecular weight excluding hydrogens is 269 g/mol. The lowest BCUT2D eigenvalue weighted by Crippen LogP contribution is -2.40. The van der Waals surface area contributed by atoms with Gasteiger partial charge in [0.1, 0.15) is 0 Å². The van der Waals surface area contributed by atoms with Crippen LogP contribution in [-0.4, -0.2) is 46.6 Å². The van der Waals surface area contributed by atoms with Crippen molar-refractivity contribution >= 4 is 23.6 Å². The van der Waals surface area contributed by atoms with Crippen molar-refractivity contribution in [3.63, 3.8) is 0 Å². The summed E-state index contributed by atoms with van der Waals surface area (Å²) >= 11 is -0.134. The molecule has 2 amide bonds. The highest BCUT2D eigenvalue weighted by molar-refractivity contribution is 8.00. The first-order valence-electron chi connectivity index (χ1n) is 5.68. The average molecular weight is 282 g/mol. The number of rotatable bonds is 5. The van der Waals surface area contributed by atoms with Gasteiger partial charge >= 0.3 is 5.51 Å². The van der Waals surface area contributed by atoms with Gasteiger partial charge in [0.25, 0.3) is 0 Å². The second kappa shape index (κ2) is 5.08. The van der Waals surface area contributed by atoms with Crippen molar-refractivity contribution in [1.29, 1.82) is 0 Å². The Morgan fingerprint density at radius 3 is 2.56 bits per heavy atom. The van der Waals surface area contributed by atoms with Crippen LogP contribution in [0.3, 0.4) is 0 Å². The third-order valence-electron chi connectivity index (χ3n) is 2.85. The Bertz CT molecular complexity index is 358. The van der Waals surface area contributed by atoms with Crippen LogP contribution in [0.15, 0.2) is 0 Å². The molecule has 0 bridgehead atoms. The number of halogens is 3. The number of imide groups is 1. The summed E-state index contributed by atoms with van der Waals surface area (Å²) in [6.07, 6.45) is 1.74. The SMILES string of the molecule is O=C1CC(NCCSC(F)(F)F)C(=O)N1C1CC1. The van der Waals surface area contributed by atoms with Crippen LogP contribution in [0.2, 0.25) is 0 Å². The zero-order chi connectivity index (χ0) is 13.3. The maximum Gasteiger partial charge on any atom is 0.441 e. The first kappa shape index (κ1) is 13.7. The van der Waals surface area contributed by atoms with E-state index in [1.807, 2.05) is 0 Å². The van der Waals surface area contributed by atoms with Gasteiger partial charge in [0, 0.05) is 18.3 Å². The molecule has 0 aromatic carbocycles. The molecule has 8 heteroatoms. The summed E-state index contributed by atoms with van der Waals surface area (Å²) < 4.78 is 35.6. The molecular formula is C10H13F3N2O2S. The Kier molecular flexibility index (Phi) is 3.86. The van der Waals surface area contributed by atoms with Crippen LogP contribution >= 0.6 is 11.8 Å². The number of hydrogen-bond acceptors (Lipinski definition) is 4. The minimum atomic E-state index is -4.25. The normalized spacial score (nSPS) is 25.1. The van der Waals surface area contributed by atoms with Crippen LogP contribution in [-0.2, 0) is 9.59 Å². The predicted octanol–water partition coefficient (Wildman–Crippen LogP) is 1.12. The highest BCUT2D eigenvalue weighted by atomic mass is 32.2. The van der Waals surface area contributed by atoms with Crippen LogP contribution < -0.4 is 5.32 Å². The Balaban J connectivity index is 1.74. The third kappa shape index (κ3) is 3.38. The van der Waals surface area contributed by atoms with Crippen LogP contribution in [0.4, 0.5) is 13.2 Å². The number of amides is 2. The maximum atomic E-state index is 11.9. The number of alkyl halides is 3. The Hall–Kier alpha value is -0.760. The lowest BCUT2D eigenvalue weighted by Gasteiger charge is -2.14. The van der Waals surface area contributed by atoms with Crippen molar-refractivity contribution in [2.45, 2.75) is 36.9 Å². The van der Waals surface area contributed by atoms with E-state index < -0.39 is 11.6 Å². The quantitative estimate of drug-likeness (QED) is 0.606. The second-order valence-corrected chi connectivity index (χ2v) is 5.50. The molecule has 2 aliphatic rings. The summed E-state index contributed by atoms with van der Waals surface area (Å²) in [4.78, 5) is 24.6. The lowest BCUT2D eigenvalue weighted by molar-refractivity contribution is -0.139. The van der Waals surface area contributed by atoms with E-state index >= 15 is 0 Å². The fourth-order valence-electron chi connectivity index (χ4n) is 1.93. The average Bonchev–Trinajstić information content (AvgIpc) is 3.01. The minimum Gasteiger partial charge on any atom is -0.305 e. The van der Waals surface area contributed by atoms with Crippen LogP contribution in [0.25, 0.3) is 0 Å². The number of likely N-dealkylation sites (tertiary alicyclic amines) is 1. The molecule has 1 saturated carbocycles. The highest BCUT2D eigenvalue weighted by Crippen LogP contribution is 2.32. The lowest BCUT2D eigenvalue weighted by atomic mass is 10.2. The number of hydrogen-bond donors (Lipinski definition) is 1. The molecule has 102 valence electrons. The molecule has 0 aromatic rings. The molecule has 2 rings (SSSR count). The predicted molar refractivity (Wildman–Crippen MR) is 59.8 cm³/mol. The molecule has 1 unspecified atom stereocenters. The summed E-state index contributed by atoms with van der Waals surface area (Å²) in [5.41, 5.74) is -4.25. The minimum absolute atomic E-state index is 0.0290. The summed E-state index contributed by atoms with van der Waals surface area (Å²) in [5, 5.41) is 2.71. The molecule has 1 aliphatic carbocycles. The second-order valence-electron chi connectivity index (χ2n) is 4.34. The van der Waals surface area contributed by atoms with E-state index in [0.29, 0.717) is 0 Å².